The highest BCUT2D eigenvalue weighted by molar-refractivity contribution is 6.26. The molecule has 0 aliphatic carbocycles. The van der Waals surface area contributed by atoms with Crippen LogP contribution in [0.5, 0.6) is 0 Å². The lowest BCUT2D eigenvalue weighted by Crippen LogP contribution is -2.29. The molecule has 0 bridgehead atoms. The second-order valence-corrected chi connectivity index (χ2v) is 9.93. The number of benzene rings is 1. The molecular formula is C27H42N2O2. The van der Waals surface area contributed by atoms with E-state index in [1.807, 2.05) is 26.8 Å². The fraction of sp³-hybridized carbons (Fsp3) is 0.630. The van der Waals surface area contributed by atoms with Gasteiger partial charge in [0.2, 0.25) is 0 Å². The summed E-state index contributed by atoms with van der Waals surface area (Å²) in [5.41, 5.74) is 5.74. The Kier molecular flexibility index (Phi) is 8.90. The minimum atomic E-state index is -0.360. The van der Waals surface area contributed by atoms with Crippen LogP contribution in [-0.4, -0.2) is 24.8 Å². The van der Waals surface area contributed by atoms with Crippen molar-refractivity contribution < 1.29 is 9.63 Å². The van der Waals surface area contributed by atoms with Gasteiger partial charge in [-0.15, -0.1) is 0 Å². The van der Waals surface area contributed by atoms with Gasteiger partial charge < -0.3 is 9.74 Å². The minimum Gasteiger partial charge on any atom is -0.372 e. The molecule has 1 unspecified atom stereocenters. The number of nitrogens with zero attached hydrogens (tertiary/aromatic N) is 2. The molecule has 2 rings (SSSR count). The molecule has 0 N–H and O–H groups in total. The quantitative estimate of drug-likeness (QED) is 0.228. The van der Waals surface area contributed by atoms with Gasteiger partial charge in [0.1, 0.15) is 5.71 Å². The number of hydrogen-bond donors (Lipinski definition) is 0. The molecule has 4 nitrogen and oxygen atoms in total. The highest BCUT2D eigenvalue weighted by Gasteiger charge is 2.34. The molecule has 1 aliphatic rings. The lowest BCUT2D eigenvalue weighted by atomic mass is 9.84. The molecular weight excluding hydrogens is 384 g/mol. The molecule has 1 aliphatic heterocycles. The summed E-state index contributed by atoms with van der Waals surface area (Å²) >= 11 is 0. The van der Waals surface area contributed by atoms with Crippen molar-refractivity contribution in [2.75, 3.05) is 18.0 Å². The predicted molar refractivity (Wildman–Crippen MR) is 133 cm³/mol. The summed E-state index contributed by atoms with van der Waals surface area (Å²) in [6, 6.07) is 4.52. The van der Waals surface area contributed by atoms with Crippen LogP contribution in [0.4, 0.5) is 5.69 Å². The maximum Gasteiger partial charge on any atom is 0.367 e. The van der Waals surface area contributed by atoms with Crippen molar-refractivity contribution >= 4 is 23.4 Å². The molecule has 1 aromatic rings. The number of aryl methyl sites for hydroxylation is 2. The first-order valence-electron chi connectivity index (χ1n) is 12.0. The Hall–Kier alpha value is -2.10. The molecule has 172 valence electrons. The zero-order valence-corrected chi connectivity index (χ0v) is 21.0. The van der Waals surface area contributed by atoms with Crippen LogP contribution >= 0.6 is 0 Å². The summed E-state index contributed by atoms with van der Waals surface area (Å²) in [6.45, 7) is 19.3. The highest BCUT2D eigenvalue weighted by Crippen LogP contribution is 2.31. The number of carbonyl (C=O) groups is 1. The van der Waals surface area contributed by atoms with Gasteiger partial charge >= 0.3 is 5.97 Å². The molecule has 0 amide bonds. The summed E-state index contributed by atoms with van der Waals surface area (Å²) in [4.78, 5) is 19.8. The van der Waals surface area contributed by atoms with Crippen molar-refractivity contribution in [3.05, 3.63) is 34.4 Å². The standard InChI is InChI=1S/C27H42N2O2/c1-9-12-13-14-21(10-2)18-29(11-3)22-15-19(4)23(20(5)16-22)17-24-25(27(6,7)8)28-31-26(24)30/h15-17,21H,9-14,18H2,1-8H3. The normalized spacial score (nSPS) is 16.5. The summed E-state index contributed by atoms with van der Waals surface area (Å²) in [6.07, 6.45) is 8.42. The van der Waals surface area contributed by atoms with Crippen LogP contribution in [0.2, 0.25) is 0 Å². The van der Waals surface area contributed by atoms with E-state index in [4.69, 9.17) is 4.84 Å². The van der Waals surface area contributed by atoms with Gasteiger partial charge in [0.15, 0.2) is 0 Å². The monoisotopic (exact) mass is 426 g/mol. The van der Waals surface area contributed by atoms with Crippen LogP contribution in [0.15, 0.2) is 22.9 Å². The van der Waals surface area contributed by atoms with E-state index in [0.29, 0.717) is 11.3 Å². The first kappa shape index (κ1) is 25.2. The lowest BCUT2D eigenvalue weighted by Gasteiger charge is -2.29. The minimum absolute atomic E-state index is 0.244. The van der Waals surface area contributed by atoms with Crippen molar-refractivity contribution in [3.63, 3.8) is 0 Å². The number of carbonyl (C=O) groups excluding carboxylic acids is 1. The van der Waals surface area contributed by atoms with Crippen molar-refractivity contribution in [2.45, 2.75) is 87.5 Å². The third-order valence-electron chi connectivity index (χ3n) is 6.29. The summed E-state index contributed by atoms with van der Waals surface area (Å²) in [5.74, 6) is 0.369. The molecule has 0 radical (unpaired) electrons. The summed E-state index contributed by atoms with van der Waals surface area (Å²) < 4.78 is 0. The molecule has 0 aromatic heterocycles. The third-order valence-corrected chi connectivity index (χ3v) is 6.29. The Bertz CT molecular complexity index is 807. The summed E-state index contributed by atoms with van der Waals surface area (Å²) in [5, 5.41) is 4.05. The number of hydrogen-bond acceptors (Lipinski definition) is 4. The Labute approximate surface area is 189 Å². The first-order valence-corrected chi connectivity index (χ1v) is 12.0. The topological polar surface area (TPSA) is 41.9 Å². The predicted octanol–water partition coefficient (Wildman–Crippen LogP) is 7.08. The van der Waals surface area contributed by atoms with E-state index in [0.717, 1.165) is 24.6 Å². The van der Waals surface area contributed by atoms with E-state index in [1.165, 1.54) is 48.9 Å². The van der Waals surface area contributed by atoms with Crippen molar-refractivity contribution in [1.82, 2.24) is 0 Å². The van der Waals surface area contributed by atoms with E-state index in [1.54, 1.807) is 0 Å². The molecule has 0 saturated heterocycles. The maximum absolute atomic E-state index is 12.3. The number of oxime groups is 1. The fourth-order valence-corrected chi connectivity index (χ4v) is 4.29. The van der Waals surface area contributed by atoms with Crippen molar-refractivity contribution in [3.8, 4) is 0 Å². The smallest absolute Gasteiger partial charge is 0.367 e. The molecule has 1 aromatic carbocycles. The fourth-order valence-electron chi connectivity index (χ4n) is 4.29. The van der Waals surface area contributed by atoms with Gasteiger partial charge in [0, 0.05) is 24.2 Å². The van der Waals surface area contributed by atoms with Crippen LogP contribution < -0.4 is 4.90 Å². The van der Waals surface area contributed by atoms with Gasteiger partial charge in [-0.25, -0.2) is 4.79 Å². The molecule has 31 heavy (non-hydrogen) atoms. The molecule has 4 heteroatoms. The Morgan fingerprint density at radius 2 is 1.74 bits per heavy atom. The second kappa shape index (κ2) is 11.0. The molecule has 0 saturated carbocycles. The van der Waals surface area contributed by atoms with E-state index in [-0.39, 0.29) is 11.4 Å². The Balaban J connectivity index is 2.30. The van der Waals surface area contributed by atoms with Crippen molar-refractivity contribution in [2.24, 2.45) is 16.5 Å². The van der Waals surface area contributed by atoms with Crippen LogP contribution in [0.1, 0.15) is 90.3 Å². The van der Waals surface area contributed by atoms with Gasteiger partial charge in [-0.3, -0.25) is 0 Å². The van der Waals surface area contributed by atoms with Gasteiger partial charge in [0.25, 0.3) is 0 Å². The van der Waals surface area contributed by atoms with Crippen LogP contribution in [0.25, 0.3) is 6.08 Å². The Morgan fingerprint density at radius 1 is 1.10 bits per heavy atom. The molecule has 0 spiro atoms. The van der Waals surface area contributed by atoms with E-state index in [2.05, 4.69) is 56.8 Å². The molecule has 1 heterocycles. The average molecular weight is 427 g/mol. The van der Waals surface area contributed by atoms with Crippen LogP contribution in [0.3, 0.4) is 0 Å². The maximum atomic E-state index is 12.3. The highest BCUT2D eigenvalue weighted by atomic mass is 16.7. The van der Waals surface area contributed by atoms with E-state index >= 15 is 0 Å². The summed E-state index contributed by atoms with van der Waals surface area (Å²) in [7, 11) is 0. The number of rotatable bonds is 10. The van der Waals surface area contributed by atoms with Gasteiger partial charge in [-0.05, 0) is 68.0 Å². The number of anilines is 1. The first-order chi connectivity index (χ1) is 14.6. The number of unbranched alkanes of at least 4 members (excludes halogenated alkanes) is 2. The van der Waals surface area contributed by atoms with Crippen LogP contribution in [0, 0.1) is 25.2 Å². The molecule has 0 fully saturated rings. The second-order valence-electron chi connectivity index (χ2n) is 9.93. The molecule has 1 atom stereocenters. The van der Waals surface area contributed by atoms with E-state index in [9.17, 15) is 4.79 Å². The largest absolute Gasteiger partial charge is 0.372 e. The van der Waals surface area contributed by atoms with Crippen LogP contribution in [-0.2, 0) is 9.63 Å². The van der Waals surface area contributed by atoms with Gasteiger partial charge in [-0.2, -0.15) is 0 Å². The average Bonchev–Trinajstić information content (AvgIpc) is 3.08. The lowest BCUT2D eigenvalue weighted by molar-refractivity contribution is -0.136. The SMILES string of the molecule is CCCCCC(CC)CN(CC)c1cc(C)c(C=C2C(=O)ON=C2C(C)(C)C)c(C)c1. The van der Waals surface area contributed by atoms with E-state index < -0.39 is 0 Å². The zero-order chi connectivity index (χ0) is 23.2. The van der Waals surface area contributed by atoms with Crippen molar-refractivity contribution in [1.29, 1.82) is 0 Å². The Morgan fingerprint density at radius 3 is 2.26 bits per heavy atom. The van der Waals surface area contributed by atoms with Gasteiger partial charge in [0.05, 0.1) is 5.57 Å². The third kappa shape index (κ3) is 6.44. The zero-order valence-electron chi connectivity index (χ0n) is 21.0. The van der Waals surface area contributed by atoms with Gasteiger partial charge in [-0.1, -0.05) is 65.5 Å².